The number of morpholine rings is 1. The number of nitrogens with two attached hydrogens (primary N) is 1. The second-order valence-electron chi connectivity index (χ2n) is 8.36. The van der Waals surface area contributed by atoms with Gasteiger partial charge >= 0.3 is 0 Å². The van der Waals surface area contributed by atoms with E-state index < -0.39 is 0 Å². The van der Waals surface area contributed by atoms with E-state index in [2.05, 4.69) is 44.5 Å². The van der Waals surface area contributed by atoms with Gasteiger partial charge in [-0.1, -0.05) is 36.4 Å². The molecule has 1 fully saturated rings. The fraction of sp³-hybridized carbons (Fsp3) is 0.308. The van der Waals surface area contributed by atoms with Gasteiger partial charge in [-0.25, -0.2) is 9.97 Å². The molecule has 0 atom stereocenters. The van der Waals surface area contributed by atoms with Crippen molar-refractivity contribution >= 4 is 23.3 Å². The molecule has 0 aliphatic carbocycles. The third-order valence-electron chi connectivity index (χ3n) is 5.76. The maximum atomic E-state index is 11.8. The number of rotatable bonds is 10. The summed E-state index contributed by atoms with van der Waals surface area (Å²) in [5, 5.41) is 10.5. The average Bonchev–Trinajstić information content (AvgIpc) is 2.87. The van der Waals surface area contributed by atoms with Crippen LogP contribution in [0.15, 0.2) is 60.9 Å². The van der Waals surface area contributed by atoms with Gasteiger partial charge in [0.05, 0.1) is 25.5 Å². The number of hydrogen-bond acceptors (Lipinski definition) is 7. The van der Waals surface area contributed by atoms with E-state index in [0.717, 1.165) is 48.6 Å². The molecule has 176 valence electrons. The number of amidine groups is 1. The monoisotopic (exact) mass is 458 g/mol. The van der Waals surface area contributed by atoms with E-state index in [0.29, 0.717) is 25.3 Å². The molecule has 8 nitrogen and oxygen atoms in total. The third-order valence-corrected chi connectivity index (χ3v) is 5.76. The van der Waals surface area contributed by atoms with Crippen molar-refractivity contribution < 1.29 is 9.53 Å². The van der Waals surface area contributed by atoms with Crippen molar-refractivity contribution in [2.24, 2.45) is 5.73 Å². The molecule has 0 unspecified atom stereocenters. The quantitative estimate of drug-likeness (QED) is 0.315. The second kappa shape index (κ2) is 11.4. The number of aryl methyl sites for hydroxylation is 1. The minimum absolute atomic E-state index is 0.0139. The molecule has 0 amide bonds. The molecule has 2 heterocycles. The molecular formula is C26H30N6O2. The maximum absolute atomic E-state index is 11.8. The van der Waals surface area contributed by atoms with Crippen LogP contribution in [-0.4, -0.2) is 47.9 Å². The van der Waals surface area contributed by atoms with Gasteiger partial charge in [0, 0.05) is 49.7 Å². The second-order valence-corrected chi connectivity index (χ2v) is 8.36. The smallest absolute Gasteiger partial charge is 0.222 e. The Labute approximate surface area is 199 Å². The Kier molecular flexibility index (Phi) is 7.83. The van der Waals surface area contributed by atoms with Crippen LogP contribution in [0.3, 0.4) is 0 Å². The Morgan fingerprint density at radius 3 is 2.47 bits per heavy atom. The number of carbonyl (C=O) groups excluding carboxylic acids is 1. The van der Waals surface area contributed by atoms with Crippen molar-refractivity contribution in [3.8, 4) is 11.1 Å². The highest BCUT2D eigenvalue weighted by atomic mass is 16.5. The normalized spacial score (nSPS) is 13.5. The number of anilines is 2. The summed E-state index contributed by atoms with van der Waals surface area (Å²) < 4.78 is 5.42. The molecule has 4 N–H and O–H groups in total. The number of aromatic nitrogens is 2. The van der Waals surface area contributed by atoms with Crippen molar-refractivity contribution in [1.82, 2.24) is 9.97 Å². The van der Waals surface area contributed by atoms with E-state index in [9.17, 15) is 4.79 Å². The first-order valence-electron chi connectivity index (χ1n) is 11.5. The van der Waals surface area contributed by atoms with Crippen LogP contribution in [0, 0.1) is 5.41 Å². The number of ketones is 1. The predicted octanol–water partition coefficient (Wildman–Crippen LogP) is 3.42. The van der Waals surface area contributed by atoms with Gasteiger partial charge in [0.15, 0.2) is 0 Å². The van der Waals surface area contributed by atoms with Crippen LogP contribution in [0.25, 0.3) is 11.1 Å². The number of hydrogen-bond donors (Lipinski definition) is 3. The molecular weight excluding hydrogens is 428 g/mol. The van der Waals surface area contributed by atoms with Gasteiger partial charge < -0.3 is 20.7 Å². The van der Waals surface area contributed by atoms with Crippen molar-refractivity contribution in [2.75, 3.05) is 36.5 Å². The zero-order valence-corrected chi connectivity index (χ0v) is 19.2. The summed E-state index contributed by atoms with van der Waals surface area (Å²) in [6.07, 6.45) is 4.61. The number of Topliss-reactive ketones (excluding diaryl/α,β-unsaturated/α-hetero) is 1. The van der Waals surface area contributed by atoms with Crippen LogP contribution in [0.1, 0.15) is 24.0 Å². The van der Waals surface area contributed by atoms with E-state index in [1.165, 1.54) is 5.69 Å². The zero-order chi connectivity index (χ0) is 23.8. The lowest BCUT2D eigenvalue weighted by Crippen LogP contribution is -2.36. The van der Waals surface area contributed by atoms with Gasteiger partial charge in [0.2, 0.25) is 5.95 Å². The van der Waals surface area contributed by atoms with Gasteiger partial charge in [0.25, 0.3) is 0 Å². The fourth-order valence-corrected chi connectivity index (χ4v) is 3.89. The molecule has 0 bridgehead atoms. The summed E-state index contributed by atoms with van der Waals surface area (Å²) >= 11 is 0. The molecule has 1 saturated heterocycles. The topological polar surface area (TPSA) is 117 Å². The Hall–Kier alpha value is -3.78. The number of benzene rings is 2. The summed E-state index contributed by atoms with van der Waals surface area (Å²) in [5.41, 5.74) is 10.7. The van der Waals surface area contributed by atoms with Gasteiger partial charge in [-0.3, -0.25) is 10.2 Å². The third kappa shape index (κ3) is 6.62. The number of ether oxygens (including phenoxy) is 1. The first kappa shape index (κ1) is 23.4. The van der Waals surface area contributed by atoms with Crippen LogP contribution < -0.4 is 16.0 Å². The van der Waals surface area contributed by atoms with Gasteiger partial charge in [0.1, 0.15) is 5.78 Å². The molecule has 4 rings (SSSR count). The van der Waals surface area contributed by atoms with E-state index in [1.54, 1.807) is 12.4 Å². The van der Waals surface area contributed by atoms with Gasteiger partial charge in [-0.05, 0) is 35.2 Å². The fourth-order valence-electron chi connectivity index (χ4n) is 3.89. The number of carbonyl (C=O) groups is 1. The van der Waals surface area contributed by atoms with Crippen molar-refractivity contribution in [3.05, 3.63) is 72.1 Å². The molecule has 1 aromatic heterocycles. The van der Waals surface area contributed by atoms with Crippen LogP contribution in [0.2, 0.25) is 0 Å². The van der Waals surface area contributed by atoms with Crippen molar-refractivity contribution in [3.63, 3.8) is 0 Å². The average molecular weight is 459 g/mol. The molecule has 0 spiro atoms. The van der Waals surface area contributed by atoms with Crippen LogP contribution in [0.4, 0.5) is 11.6 Å². The lowest BCUT2D eigenvalue weighted by Gasteiger charge is -2.28. The first-order valence-corrected chi connectivity index (χ1v) is 11.5. The molecule has 8 heteroatoms. The Bertz CT molecular complexity index is 1110. The van der Waals surface area contributed by atoms with E-state index in [-0.39, 0.29) is 18.0 Å². The predicted molar refractivity (Wildman–Crippen MR) is 134 cm³/mol. The number of nitrogens with zero attached hydrogens (tertiary/aromatic N) is 3. The van der Waals surface area contributed by atoms with E-state index in [1.807, 2.05) is 24.3 Å². The molecule has 1 aliphatic rings. The van der Waals surface area contributed by atoms with E-state index in [4.69, 9.17) is 15.9 Å². The van der Waals surface area contributed by atoms with Crippen molar-refractivity contribution in [1.29, 1.82) is 5.41 Å². The standard InChI is InChI=1S/C26H30N6O2/c27-25(28)15-24(33)9-6-19-2-1-3-21(14-19)22-17-30-26(31-18-22)29-16-20-4-7-23(8-5-20)32-10-12-34-13-11-32/h1-5,7-8,14,17-18H,6,9-13,15-16H2,(H3,27,28)(H,29,30,31). The highest BCUT2D eigenvalue weighted by molar-refractivity contribution is 5.98. The highest BCUT2D eigenvalue weighted by Gasteiger charge is 2.11. The number of nitrogens with one attached hydrogen (secondary N) is 2. The lowest BCUT2D eigenvalue weighted by molar-refractivity contribution is -0.117. The SMILES string of the molecule is N=C(N)CC(=O)CCc1cccc(-c2cnc(NCc3ccc(N4CCOCC4)cc3)nc2)c1. The minimum atomic E-state index is -0.0883. The van der Waals surface area contributed by atoms with Gasteiger partial charge in [-0.2, -0.15) is 0 Å². The summed E-state index contributed by atoms with van der Waals surface area (Å²) in [7, 11) is 0. The van der Waals surface area contributed by atoms with E-state index >= 15 is 0 Å². The molecule has 2 aromatic carbocycles. The van der Waals surface area contributed by atoms with Crippen LogP contribution in [-0.2, 0) is 22.5 Å². The summed E-state index contributed by atoms with van der Waals surface area (Å²) in [6, 6.07) is 16.5. The van der Waals surface area contributed by atoms with Crippen LogP contribution >= 0.6 is 0 Å². The zero-order valence-electron chi connectivity index (χ0n) is 19.2. The summed E-state index contributed by atoms with van der Waals surface area (Å²) in [5.74, 6) is 0.467. The largest absolute Gasteiger partial charge is 0.387 e. The summed E-state index contributed by atoms with van der Waals surface area (Å²) in [6.45, 7) is 4.06. The molecule has 34 heavy (non-hydrogen) atoms. The molecule has 3 aromatic rings. The maximum Gasteiger partial charge on any atom is 0.222 e. The lowest BCUT2D eigenvalue weighted by atomic mass is 10.0. The van der Waals surface area contributed by atoms with Gasteiger partial charge in [-0.15, -0.1) is 0 Å². The molecule has 0 saturated carbocycles. The summed E-state index contributed by atoms with van der Waals surface area (Å²) in [4.78, 5) is 23.1. The highest BCUT2D eigenvalue weighted by Crippen LogP contribution is 2.21. The first-order chi connectivity index (χ1) is 16.6. The van der Waals surface area contributed by atoms with Crippen molar-refractivity contribution in [2.45, 2.75) is 25.8 Å². The Morgan fingerprint density at radius 1 is 1.03 bits per heavy atom. The minimum Gasteiger partial charge on any atom is -0.387 e. The Morgan fingerprint density at radius 2 is 1.76 bits per heavy atom. The van der Waals surface area contributed by atoms with Crippen LogP contribution in [0.5, 0.6) is 0 Å². The molecule has 0 radical (unpaired) electrons. The molecule has 1 aliphatic heterocycles. The Balaban J connectivity index is 1.31.